The van der Waals surface area contributed by atoms with Crippen molar-refractivity contribution in [1.82, 2.24) is 10.2 Å². The van der Waals surface area contributed by atoms with Crippen molar-refractivity contribution in [2.24, 2.45) is 0 Å². The van der Waals surface area contributed by atoms with E-state index in [9.17, 15) is 23.6 Å². The lowest BCUT2D eigenvalue weighted by molar-refractivity contribution is -0.124. The molecule has 0 radical (unpaired) electrons. The van der Waals surface area contributed by atoms with Crippen LogP contribution in [-0.4, -0.2) is 47.4 Å². The van der Waals surface area contributed by atoms with Gasteiger partial charge in [0, 0.05) is 25.1 Å². The first-order valence-electron chi connectivity index (χ1n) is 10.3. The number of amides is 3. The number of imide groups is 1. The Morgan fingerprint density at radius 1 is 1.09 bits per heavy atom. The molecule has 1 aliphatic rings. The van der Waals surface area contributed by atoms with Crippen LogP contribution < -0.4 is 10.1 Å². The molecule has 7 nitrogen and oxygen atoms in total. The second kappa shape index (κ2) is 11.4. The van der Waals surface area contributed by atoms with E-state index in [4.69, 9.17) is 4.74 Å². The van der Waals surface area contributed by atoms with Crippen LogP contribution in [-0.2, 0) is 9.59 Å². The minimum absolute atomic E-state index is 0.0192. The minimum Gasteiger partial charge on any atom is -0.494 e. The van der Waals surface area contributed by atoms with E-state index in [0.29, 0.717) is 29.9 Å². The molecule has 172 valence electrons. The van der Waals surface area contributed by atoms with E-state index in [1.807, 2.05) is 0 Å². The van der Waals surface area contributed by atoms with Gasteiger partial charge in [0.1, 0.15) is 11.6 Å². The largest absolute Gasteiger partial charge is 0.494 e. The van der Waals surface area contributed by atoms with Crippen LogP contribution in [0.3, 0.4) is 0 Å². The van der Waals surface area contributed by atoms with Gasteiger partial charge in [0.15, 0.2) is 5.78 Å². The number of hydrogen-bond acceptors (Lipinski definition) is 6. The summed E-state index contributed by atoms with van der Waals surface area (Å²) in [5.74, 6) is -0.430. The van der Waals surface area contributed by atoms with Crippen molar-refractivity contribution in [3.63, 3.8) is 0 Å². The number of ether oxygens (including phenoxy) is 1. The average Bonchev–Trinajstić information content (AvgIpc) is 3.06. The van der Waals surface area contributed by atoms with E-state index in [0.717, 1.165) is 16.7 Å². The Labute approximate surface area is 195 Å². The molecule has 0 saturated carbocycles. The molecule has 3 amide bonds. The van der Waals surface area contributed by atoms with Crippen LogP contribution in [0.1, 0.15) is 35.7 Å². The molecular weight excluding hydrogens is 447 g/mol. The highest BCUT2D eigenvalue weighted by molar-refractivity contribution is 8.18. The first-order valence-corrected chi connectivity index (χ1v) is 11.2. The molecule has 2 aromatic carbocycles. The van der Waals surface area contributed by atoms with Gasteiger partial charge in [0.05, 0.1) is 11.5 Å². The Hall–Kier alpha value is -3.46. The number of Topliss-reactive ketones (excluding diaryl/α,β-unsaturated/α-hetero) is 1. The summed E-state index contributed by atoms with van der Waals surface area (Å²) in [4.78, 5) is 49.2. The van der Waals surface area contributed by atoms with Gasteiger partial charge in [0.25, 0.3) is 11.1 Å². The second-order valence-corrected chi connectivity index (χ2v) is 8.26. The fraction of sp³-hybridized carbons (Fsp3) is 0.250. The Balaban J connectivity index is 1.36. The van der Waals surface area contributed by atoms with E-state index >= 15 is 0 Å². The highest BCUT2D eigenvalue weighted by atomic mass is 32.2. The summed E-state index contributed by atoms with van der Waals surface area (Å²) in [6.45, 7) is 2.04. The molecule has 9 heteroatoms. The molecule has 2 aromatic rings. The molecule has 1 heterocycles. The predicted octanol–water partition coefficient (Wildman–Crippen LogP) is 4.04. The summed E-state index contributed by atoms with van der Waals surface area (Å²) in [6, 6.07) is 12.4. The number of thioether (sulfide) groups is 1. The molecule has 1 fully saturated rings. The Kier molecular flexibility index (Phi) is 8.37. The van der Waals surface area contributed by atoms with Crippen molar-refractivity contribution in [3.05, 3.63) is 70.4 Å². The highest BCUT2D eigenvalue weighted by Gasteiger charge is 2.34. The molecule has 33 heavy (non-hydrogen) atoms. The van der Waals surface area contributed by atoms with Gasteiger partial charge >= 0.3 is 0 Å². The smallest absolute Gasteiger partial charge is 0.293 e. The monoisotopic (exact) mass is 470 g/mol. The normalized spacial score (nSPS) is 14.6. The van der Waals surface area contributed by atoms with Gasteiger partial charge in [0.2, 0.25) is 5.91 Å². The highest BCUT2D eigenvalue weighted by Crippen LogP contribution is 2.31. The van der Waals surface area contributed by atoms with Gasteiger partial charge < -0.3 is 10.1 Å². The van der Waals surface area contributed by atoms with Crippen LogP contribution >= 0.6 is 11.8 Å². The molecule has 0 aliphatic carbocycles. The summed E-state index contributed by atoms with van der Waals surface area (Å²) >= 11 is 0.814. The van der Waals surface area contributed by atoms with Crippen molar-refractivity contribution in [1.29, 1.82) is 0 Å². The topological polar surface area (TPSA) is 92.8 Å². The quantitative estimate of drug-likeness (QED) is 0.320. The Bertz CT molecular complexity index is 1070. The predicted molar refractivity (Wildman–Crippen MR) is 123 cm³/mol. The van der Waals surface area contributed by atoms with Gasteiger partial charge in [-0.05, 0) is 73.1 Å². The van der Waals surface area contributed by atoms with Crippen LogP contribution in [0.2, 0.25) is 0 Å². The molecule has 0 bridgehead atoms. The molecule has 1 N–H and O–H groups in total. The number of nitrogens with one attached hydrogen (secondary N) is 1. The van der Waals surface area contributed by atoms with Gasteiger partial charge in [-0.25, -0.2) is 4.39 Å². The summed E-state index contributed by atoms with van der Waals surface area (Å²) in [7, 11) is 0. The maximum Gasteiger partial charge on any atom is 0.293 e. The summed E-state index contributed by atoms with van der Waals surface area (Å²) < 4.78 is 18.6. The third kappa shape index (κ3) is 7.01. The van der Waals surface area contributed by atoms with Crippen molar-refractivity contribution >= 4 is 40.7 Å². The van der Waals surface area contributed by atoms with E-state index in [-0.39, 0.29) is 41.9 Å². The van der Waals surface area contributed by atoms with Crippen LogP contribution in [0.25, 0.3) is 6.08 Å². The van der Waals surface area contributed by atoms with Gasteiger partial charge in [-0.3, -0.25) is 24.1 Å². The molecular formula is C24H23FN2O5S. The number of hydrogen-bond donors (Lipinski definition) is 1. The van der Waals surface area contributed by atoms with Crippen molar-refractivity contribution in [3.8, 4) is 5.75 Å². The number of rotatable bonds is 10. The summed E-state index contributed by atoms with van der Waals surface area (Å²) in [5, 5.41) is 2.28. The molecule has 0 unspecified atom stereocenters. The van der Waals surface area contributed by atoms with Crippen molar-refractivity contribution in [2.75, 3.05) is 19.7 Å². The third-order valence-electron chi connectivity index (χ3n) is 4.78. The lowest BCUT2D eigenvalue weighted by atomic mass is 10.1. The maximum atomic E-state index is 13.0. The number of ketones is 1. The molecule has 0 aromatic heterocycles. The molecule has 0 atom stereocenters. The number of halogens is 1. The molecule has 3 rings (SSSR count). The number of nitrogens with zero attached hydrogens (tertiary/aromatic N) is 1. The van der Waals surface area contributed by atoms with Crippen LogP contribution in [0.5, 0.6) is 5.75 Å². The molecule has 1 aliphatic heterocycles. The molecule has 1 saturated heterocycles. The summed E-state index contributed by atoms with van der Waals surface area (Å²) in [6.07, 6.45) is 2.26. The van der Waals surface area contributed by atoms with E-state index in [2.05, 4.69) is 5.32 Å². The Morgan fingerprint density at radius 2 is 1.79 bits per heavy atom. The Morgan fingerprint density at radius 3 is 2.45 bits per heavy atom. The molecule has 0 spiro atoms. The van der Waals surface area contributed by atoms with Crippen LogP contribution in [0, 0.1) is 5.82 Å². The van der Waals surface area contributed by atoms with Gasteiger partial charge in [-0.1, -0.05) is 12.1 Å². The van der Waals surface area contributed by atoms with E-state index in [1.54, 1.807) is 24.3 Å². The van der Waals surface area contributed by atoms with Crippen LogP contribution in [0.15, 0.2) is 53.4 Å². The SMILES string of the molecule is CC(=O)c1ccc(OCCCC(=O)NCCN2C(=O)S/C(=C/c3ccc(F)cc3)C2=O)cc1. The van der Waals surface area contributed by atoms with Gasteiger partial charge in [-0.2, -0.15) is 0 Å². The maximum absolute atomic E-state index is 13.0. The van der Waals surface area contributed by atoms with E-state index < -0.39 is 11.1 Å². The number of benzene rings is 2. The number of carbonyl (C=O) groups excluding carboxylic acids is 4. The first kappa shape index (κ1) is 24.2. The fourth-order valence-electron chi connectivity index (χ4n) is 3.01. The average molecular weight is 471 g/mol. The zero-order valence-corrected chi connectivity index (χ0v) is 18.8. The summed E-state index contributed by atoms with van der Waals surface area (Å²) in [5.41, 5.74) is 1.22. The lowest BCUT2D eigenvalue weighted by Crippen LogP contribution is -2.37. The van der Waals surface area contributed by atoms with Crippen molar-refractivity contribution < 1.29 is 28.3 Å². The number of carbonyl (C=O) groups is 4. The third-order valence-corrected chi connectivity index (χ3v) is 5.68. The van der Waals surface area contributed by atoms with Crippen LogP contribution in [0.4, 0.5) is 9.18 Å². The second-order valence-electron chi connectivity index (χ2n) is 7.27. The minimum atomic E-state index is -0.437. The standard InChI is InChI=1S/C24H23FN2O5S/c1-16(28)18-6-10-20(11-7-18)32-14-2-3-22(29)26-12-13-27-23(30)21(33-24(27)31)15-17-4-8-19(25)9-5-17/h4-11,15H,2-3,12-14H2,1H3,(H,26,29)/b21-15+. The lowest BCUT2D eigenvalue weighted by Gasteiger charge is -2.13. The van der Waals surface area contributed by atoms with Crippen molar-refractivity contribution in [2.45, 2.75) is 19.8 Å². The van der Waals surface area contributed by atoms with Gasteiger partial charge in [-0.15, -0.1) is 0 Å². The van der Waals surface area contributed by atoms with E-state index in [1.165, 1.54) is 37.3 Å². The first-order chi connectivity index (χ1) is 15.8. The zero-order chi connectivity index (χ0) is 23.8. The fourth-order valence-corrected chi connectivity index (χ4v) is 3.87. The zero-order valence-electron chi connectivity index (χ0n) is 18.0.